The predicted molar refractivity (Wildman–Crippen MR) is 149 cm³/mol. The molecule has 1 aromatic carbocycles. The molecule has 11 heteroatoms. The second-order valence-electron chi connectivity index (χ2n) is 10.2. The van der Waals surface area contributed by atoms with Crippen LogP contribution in [-0.2, 0) is 20.9 Å². The SMILES string of the molecule is COCCn1nc(-c2ccccc2)cc1C(=O)Nc1ccc(N2CCN(C(=O)C3CCCC3C(=O)O)CC2)nc1. The molecule has 2 unspecified atom stereocenters. The maximum absolute atomic E-state index is 13.2. The molecule has 2 aliphatic rings. The van der Waals surface area contributed by atoms with Crippen LogP contribution in [0.4, 0.5) is 11.5 Å². The average Bonchev–Trinajstić information content (AvgIpc) is 3.65. The number of hydrogen-bond donors (Lipinski definition) is 2. The Bertz CT molecular complexity index is 1330. The molecule has 0 spiro atoms. The second kappa shape index (κ2) is 12.3. The largest absolute Gasteiger partial charge is 0.481 e. The van der Waals surface area contributed by atoms with Crippen molar-refractivity contribution in [3.8, 4) is 11.3 Å². The van der Waals surface area contributed by atoms with Crippen LogP contribution in [0.5, 0.6) is 0 Å². The number of aliphatic carboxylic acids is 1. The molecule has 2 aromatic heterocycles. The van der Waals surface area contributed by atoms with Gasteiger partial charge in [-0.05, 0) is 31.0 Å². The maximum atomic E-state index is 13.2. The number of carboxylic acids is 1. The number of nitrogens with zero attached hydrogens (tertiary/aromatic N) is 5. The molecule has 2 fully saturated rings. The van der Waals surface area contributed by atoms with Gasteiger partial charge in [-0.15, -0.1) is 0 Å². The van der Waals surface area contributed by atoms with Crippen molar-refractivity contribution in [3.63, 3.8) is 0 Å². The minimum atomic E-state index is -0.873. The van der Waals surface area contributed by atoms with Crippen molar-refractivity contribution in [2.75, 3.05) is 50.1 Å². The molecule has 2 amide bonds. The van der Waals surface area contributed by atoms with Gasteiger partial charge < -0.3 is 25.0 Å². The number of anilines is 2. The number of hydrogen-bond acceptors (Lipinski definition) is 7. The molecular weight excluding hydrogens is 512 g/mol. The van der Waals surface area contributed by atoms with Crippen molar-refractivity contribution in [2.24, 2.45) is 11.8 Å². The van der Waals surface area contributed by atoms with Gasteiger partial charge in [0.25, 0.3) is 5.91 Å². The molecule has 0 bridgehead atoms. The number of ether oxygens (including phenoxy) is 1. The molecule has 5 rings (SSSR count). The predicted octanol–water partition coefficient (Wildman–Crippen LogP) is 2.99. The first-order valence-electron chi connectivity index (χ1n) is 13.6. The zero-order valence-corrected chi connectivity index (χ0v) is 22.5. The highest BCUT2D eigenvalue weighted by atomic mass is 16.5. The molecule has 3 aromatic rings. The number of aromatic nitrogens is 3. The van der Waals surface area contributed by atoms with Crippen LogP contribution >= 0.6 is 0 Å². The lowest BCUT2D eigenvalue weighted by atomic mass is 9.94. The number of carboxylic acid groups (broad SMARTS) is 1. The fraction of sp³-hybridized carbons (Fsp3) is 0.414. The molecule has 1 saturated carbocycles. The summed E-state index contributed by atoms with van der Waals surface area (Å²) < 4.78 is 6.84. The lowest BCUT2D eigenvalue weighted by Crippen LogP contribution is -2.51. The Kier molecular flexibility index (Phi) is 8.40. The van der Waals surface area contributed by atoms with Gasteiger partial charge in [-0.1, -0.05) is 36.8 Å². The maximum Gasteiger partial charge on any atom is 0.307 e. The van der Waals surface area contributed by atoms with Gasteiger partial charge in [-0.2, -0.15) is 5.10 Å². The molecule has 3 heterocycles. The van der Waals surface area contributed by atoms with Gasteiger partial charge in [-0.3, -0.25) is 19.1 Å². The standard InChI is InChI=1S/C29H34N6O5/c1-40-17-16-35-25(18-24(32-35)20-6-3-2-4-7-20)27(36)31-21-10-11-26(30-19-21)33-12-14-34(15-13-33)28(37)22-8-5-9-23(22)29(38)39/h2-4,6-7,10-11,18-19,22-23H,5,8-9,12-17H2,1H3,(H,31,36)(H,38,39). The van der Waals surface area contributed by atoms with E-state index in [4.69, 9.17) is 4.74 Å². The third-order valence-electron chi connectivity index (χ3n) is 7.66. The van der Waals surface area contributed by atoms with E-state index in [1.165, 1.54) is 0 Å². The highest BCUT2D eigenvalue weighted by molar-refractivity contribution is 6.03. The summed E-state index contributed by atoms with van der Waals surface area (Å²) in [5.74, 6) is -1.44. The number of carbonyl (C=O) groups excluding carboxylic acids is 2. The van der Waals surface area contributed by atoms with E-state index in [1.807, 2.05) is 42.5 Å². The Morgan fingerprint density at radius 1 is 1.02 bits per heavy atom. The molecule has 40 heavy (non-hydrogen) atoms. The lowest BCUT2D eigenvalue weighted by Gasteiger charge is -2.37. The van der Waals surface area contributed by atoms with E-state index >= 15 is 0 Å². The smallest absolute Gasteiger partial charge is 0.307 e. The van der Waals surface area contributed by atoms with E-state index in [1.54, 1.807) is 29.0 Å². The van der Waals surface area contributed by atoms with Crippen molar-refractivity contribution in [3.05, 3.63) is 60.4 Å². The average molecular weight is 547 g/mol. The number of pyridine rings is 1. The Morgan fingerprint density at radius 3 is 2.45 bits per heavy atom. The van der Waals surface area contributed by atoms with Gasteiger partial charge in [0.05, 0.1) is 42.6 Å². The number of amides is 2. The zero-order valence-electron chi connectivity index (χ0n) is 22.5. The van der Waals surface area contributed by atoms with Crippen LogP contribution in [-0.4, -0.2) is 82.5 Å². The number of rotatable bonds is 9. The van der Waals surface area contributed by atoms with Crippen molar-refractivity contribution in [1.29, 1.82) is 0 Å². The normalized spacial score (nSPS) is 19.0. The summed E-state index contributed by atoms with van der Waals surface area (Å²) in [4.78, 5) is 46.1. The van der Waals surface area contributed by atoms with Crippen molar-refractivity contribution < 1.29 is 24.2 Å². The third kappa shape index (κ3) is 5.99. The van der Waals surface area contributed by atoms with E-state index < -0.39 is 17.8 Å². The van der Waals surface area contributed by atoms with Gasteiger partial charge >= 0.3 is 5.97 Å². The number of benzene rings is 1. The first kappa shape index (κ1) is 27.3. The zero-order chi connectivity index (χ0) is 28.1. The summed E-state index contributed by atoms with van der Waals surface area (Å²) >= 11 is 0. The molecule has 11 nitrogen and oxygen atoms in total. The van der Waals surface area contributed by atoms with E-state index in [0.717, 1.165) is 17.8 Å². The topological polar surface area (TPSA) is 130 Å². The molecule has 1 aliphatic carbocycles. The molecule has 0 radical (unpaired) electrons. The van der Waals surface area contributed by atoms with Crippen LogP contribution in [0.15, 0.2) is 54.7 Å². The second-order valence-corrected chi connectivity index (χ2v) is 10.2. The van der Waals surface area contributed by atoms with Crippen LogP contribution in [0.3, 0.4) is 0 Å². The quantitative estimate of drug-likeness (QED) is 0.419. The van der Waals surface area contributed by atoms with Gasteiger partial charge in [0.2, 0.25) is 5.91 Å². The summed E-state index contributed by atoms with van der Waals surface area (Å²) in [6.45, 7) is 3.13. The van der Waals surface area contributed by atoms with Crippen LogP contribution in [0.2, 0.25) is 0 Å². The number of piperazine rings is 1. The van der Waals surface area contributed by atoms with E-state index in [2.05, 4.69) is 20.3 Å². The van der Waals surface area contributed by atoms with Crippen LogP contribution in [0.25, 0.3) is 11.3 Å². The van der Waals surface area contributed by atoms with Crippen LogP contribution in [0.1, 0.15) is 29.8 Å². The lowest BCUT2D eigenvalue weighted by molar-refractivity contribution is -0.149. The number of carbonyl (C=O) groups is 3. The van der Waals surface area contributed by atoms with Crippen LogP contribution in [0, 0.1) is 11.8 Å². The summed E-state index contributed by atoms with van der Waals surface area (Å²) in [7, 11) is 1.61. The fourth-order valence-electron chi connectivity index (χ4n) is 5.48. The van der Waals surface area contributed by atoms with Gasteiger partial charge in [0.1, 0.15) is 11.5 Å². The first-order valence-corrected chi connectivity index (χ1v) is 13.6. The van der Waals surface area contributed by atoms with Crippen molar-refractivity contribution in [1.82, 2.24) is 19.7 Å². The fourth-order valence-corrected chi connectivity index (χ4v) is 5.48. The molecule has 1 aliphatic heterocycles. The first-order chi connectivity index (χ1) is 19.4. The Labute approximate surface area is 232 Å². The summed E-state index contributed by atoms with van der Waals surface area (Å²) in [6, 6.07) is 15.1. The summed E-state index contributed by atoms with van der Waals surface area (Å²) in [5, 5.41) is 17.0. The number of methoxy groups -OCH3 is 1. The van der Waals surface area contributed by atoms with Crippen molar-refractivity contribution >= 4 is 29.3 Å². The summed E-state index contributed by atoms with van der Waals surface area (Å²) in [6.07, 6.45) is 3.62. The van der Waals surface area contributed by atoms with E-state index in [9.17, 15) is 19.5 Å². The Hall–Kier alpha value is -4.25. The van der Waals surface area contributed by atoms with Crippen molar-refractivity contribution in [2.45, 2.75) is 25.8 Å². The Balaban J connectivity index is 1.20. The monoisotopic (exact) mass is 546 g/mol. The molecule has 2 N–H and O–H groups in total. The van der Waals surface area contributed by atoms with Gasteiger partial charge in [0.15, 0.2) is 0 Å². The van der Waals surface area contributed by atoms with Gasteiger partial charge in [0, 0.05) is 38.9 Å². The Morgan fingerprint density at radius 2 is 1.77 bits per heavy atom. The van der Waals surface area contributed by atoms with E-state index in [-0.39, 0.29) is 11.8 Å². The van der Waals surface area contributed by atoms with Crippen LogP contribution < -0.4 is 10.2 Å². The van der Waals surface area contributed by atoms with Gasteiger partial charge in [-0.25, -0.2) is 4.98 Å². The molecule has 1 saturated heterocycles. The highest BCUT2D eigenvalue weighted by Gasteiger charge is 2.40. The minimum absolute atomic E-state index is 0.0456. The highest BCUT2D eigenvalue weighted by Crippen LogP contribution is 2.33. The third-order valence-corrected chi connectivity index (χ3v) is 7.66. The van der Waals surface area contributed by atoms with E-state index in [0.29, 0.717) is 69.2 Å². The number of nitrogens with one attached hydrogen (secondary N) is 1. The molecule has 210 valence electrons. The minimum Gasteiger partial charge on any atom is -0.481 e. The summed E-state index contributed by atoms with van der Waals surface area (Å²) in [5.41, 5.74) is 2.61. The molecular formula is C29H34N6O5. The molecule has 2 atom stereocenters.